The zero-order valence-electron chi connectivity index (χ0n) is 14.3. The lowest BCUT2D eigenvalue weighted by atomic mass is 10.3. The number of hydrogen-bond acceptors (Lipinski definition) is 5. The number of para-hydroxylation sites is 2. The smallest absolute Gasteiger partial charge is 0.416 e. The van der Waals surface area contributed by atoms with Crippen LogP contribution < -0.4 is 14.4 Å². The van der Waals surface area contributed by atoms with Crippen LogP contribution >= 0.6 is 7.60 Å². The number of nitrogens with one attached hydrogen (secondary N) is 1. The first-order valence-corrected chi connectivity index (χ1v) is 10.5. The van der Waals surface area contributed by atoms with E-state index in [1.807, 2.05) is 36.4 Å². The van der Waals surface area contributed by atoms with Gasteiger partial charge in [-0.25, -0.2) is 4.57 Å². The summed E-state index contributed by atoms with van der Waals surface area (Å²) in [6.45, 7) is 4.99. The topological polar surface area (TPSA) is 50.8 Å². The highest BCUT2D eigenvalue weighted by atomic mass is 31.2. The van der Waals surface area contributed by atoms with Gasteiger partial charge in [0.05, 0.1) is 6.16 Å². The highest BCUT2D eigenvalue weighted by Crippen LogP contribution is 2.48. The Balaban J connectivity index is 1.63. The maximum atomic E-state index is 13.3. The standard InChI is InChI=1S/C19H25N2O3P/c22-25(23-18-8-3-1-4-9-18,24-19-10-5-2-6-11-19)17-7-14-21-15-12-20-13-16-21/h1-6,8-11,20H,7,12-17H2. The molecule has 0 aliphatic carbocycles. The van der Waals surface area contributed by atoms with E-state index in [1.54, 1.807) is 24.3 Å². The zero-order valence-corrected chi connectivity index (χ0v) is 15.2. The van der Waals surface area contributed by atoms with Gasteiger partial charge in [0.2, 0.25) is 0 Å². The van der Waals surface area contributed by atoms with E-state index in [-0.39, 0.29) is 0 Å². The lowest BCUT2D eigenvalue weighted by molar-refractivity contribution is 0.240. The largest absolute Gasteiger partial charge is 0.430 e. The lowest BCUT2D eigenvalue weighted by Crippen LogP contribution is -2.43. The first-order chi connectivity index (χ1) is 12.2. The predicted octanol–water partition coefficient (Wildman–Crippen LogP) is 3.63. The minimum atomic E-state index is -3.27. The van der Waals surface area contributed by atoms with Gasteiger partial charge >= 0.3 is 7.60 Å². The molecule has 3 rings (SSSR count). The van der Waals surface area contributed by atoms with Crippen LogP contribution in [0.25, 0.3) is 0 Å². The molecule has 0 radical (unpaired) electrons. The second-order valence-corrected chi connectivity index (χ2v) is 8.12. The molecule has 2 aromatic rings. The Morgan fingerprint density at radius 1 is 0.880 bits per heavy atom. The maximum absolute atomic E-state index is 13.3. The van der Waals surface area contributed by atoms with Crippen LogP contribution in [0.5, 0.6) is 11.5 Å². The van der Waals surface area contributed by atoms with Crippen LogP contribution in [0.15, 0.2) is 60.7 Å². The Hall–Kier alpha value is -1.81. The van der Waals surface area contributed by atoms with Gasteiger partial charge in [0.15, 0.2) is 0 Å². The summed E-state index contributed by atoms with van der Waals surface area (Å²) in [6.07, 6.45) is 1.16. The van der Waals surface area contributed by atoms with Crippen molar-refractivity contribution in [1.29, 1.82) is 0 Å². The average Bonchev–Trinajstić information content (AvgIpc) is 2.64. The third-order valence-corrected chi connectivity index (χ3v) is 5.93. The van der Waals surface area contributed by atoms with E-state index >= 15 is 0 Å². The molecule has 25 heavy (non-hydrogen) atoms. The Morgan fingerprint density at radius 3 is 1.92 bits per heavy atom. The molecule has 0 spiro atoms. The molecular formula is C19H25N2O3P. The van der Waals surface area contributed by atoms with Crippen LogP contribution in [0.3, 0.4) is 0 Å². The third kappa shape index (κ3) is 5.89. The monoisotopic (exact) mass is 360 g/mol. The van der Waals surface area contributed by atoms with Gasteiger partial charge in [0.1, 0.15) is 11.5 Å². The zero-order chi connectivity index (χ0) is 17.4. The SMILES string of the molecule is O=P(CCCN1CCNCC1)(Oc1ccccc1)Oc1ccccc1. The van der Waals surface area contributed by atoms with Gasteiger partial charge in [0.25, 0.3) is 0 Å². The molecular weight excluding hydrogens is 335 g/mol. The molecule has 5 nitrogen and oxygen atoms in total. The highest BCUT2D eigenvalue weighted by Gasteiger charge is 2.28. The van der Waals surface area contributed by atoms with Crippen molar-refractivity contribution in [2.24, 2.45) is 0 Å². The van der Waals surface area contributed by atoms with E-state index in [4.69, 9.17) is 9.05 Å². The molecule has 0 atom stereocenters. The molecule has 0 aromatic heterocycles. The van der Waals surface area contributed by atoms with Crippen molar-refractivity contribution in [2.75, 3.05) is 38.9 Å². The third-order valence-electron chi connectivity index (χ3n) is 4.09. The van der Waals surface area contributed by atoms with Crippen molar-refractivity contribution < 1.29 is 13.6 Å². The summed E-state index contributed by atoms with van der Waals surface area (Å²) in [6, 6.07) is 18.5. The predicted molar refractivity (Wildman–Crippen MR) is 101 cm³/mol. The van der Waals surface area contributed by atoms with Gasteiger partial charge in [-0.1, -0.05) is 36.4 Å². The Morgan fingerprint density at radius 2 is 1.40 bits per heavy atom. The van der Waals surface area contributed by atoms with Gasteiger partial charge in [-0.15, -0.1) is 0 Å². The molecule has 1 saturated heterocycles. The van der Waals surface area contributed by atoms with Crippen molar-refractivity contribution in [3.8, 4) is 11.5 Å². The van der Waals surface area contributed by atoms with Gasteiger partial charge in [-0.05, 0) is 37.2 Å². The van der Waals surface area contributed by atoms with Crippen LogP contribution in [0.2, 0.25) is 0 Å². The highest BCUT2D eigenvalue weighted by molar-refractivity contribution is 7.54. The summed E-state index contributed by atoms with van der Waals surface area (Å²) in [7, 11) is -3.27. The Bertz CT molecular complexity index is 630. The average molecular weight is 360 g/mol. The van der Waals surface area contributed by atoms with E-state index in [0.29, 0.717) is 17.7 Å². The van der Waals surface area contributed by atoms with Gasteiger partial charge in [-0.2, -0.15) is 0 Å². The van der Waals surface area contributed by atoms with Crippen LogP contribution in [0.4, 0.5) is 0 Å². The van der Waals surface area contributed by atoms with Crippen molar-refractivity contribution in [3.05, 3.63) is 60.7 Å². The molecule has 0 unspecified atom stereocenters. The number of nitrogens with zero attached hydrogens (tertiary/aromatic N) is 1. The van der Waals surface area contributed by atoms with E-state index in [9.17, 15) is 4.57 Å². The number of benzene rings is 2. The molecule has 1 aliphatic heterocycles. The molecule has 0 amide bonds. The van der Waals surface area contributed by atoms with Crippen LogP contribution in [0, 0.1) is 0 Å². The summed E-state index contributed by atoms with van der Waals surface area (Å²) < 4.78 is 24.9. The fourth-order valence-electron chi connectivity index (χ4n) is 2.82. The fraction of sp³-hybridized carbons (Fsp3) is 0.368. The molecule has 0 bridgehead atoms. The molecule has 1 heterocycles. The molecule has 1 aliphatic rings. The van der Waals surface area contributed by atoms with Gasteiger partial charge in [0, 0.05) is 26.2 Å². The molecule has 0 saturated carbocycles. The number of hydrogen-bond donors (Lipinski definition) is 1. The minimum absolute atomic E-state index is 0.390. The summed E-state index contributed by atoms with van der Waals surface area (Å²) in [5.74, 6) is 1.15. The Kier molecular flexibility index (Phi) is 6.51. The van der Waals surface area contributed by atoms with Crippen LogP contribution in [-0.2, 0) is 4.57 Å². The van der Waals surface area contributed by atoms with Crippen LogP contribution in [0.1, 0.15) is 6.42 Å². The molecule has 2 aromatic carbocycles. The van der Waals surface area contributed by atoms with Crippen molar-refractivity contribution in [3.63, 3.8) is 0 Å². The summed E-state index contributed by atoms with van der Waals surface area (Å²) in [5.41, 5.74) is 0. The van der Waals surface area contributed by atoms with E-state index in [2.05, 4.69) is 10.2 Å². The Labute approximate surface area is 149 Å². The van der Waals surface area contributed by atoms with Crippen molar-refractivity contribution in [1.82, 2.24) is 10.2 Å². The second kappa shape index (κ2) is 9.04. The van der Waals surface area contributed by atoms with Crippen LogP contribution in [-0.4, -0.2) is 43.8 Å². The molecule has 6 heteroatoms. The van der Waals surface area contributed by atoms with E-state index in [1.165, 1.54) is 0 Å². The maximum Gasteiger partial charge on any atom is 0.430 e. The van der Waals surface area contributed by atoms with E-state index < -0.39 is 7.60 Å². The molecule has 1 N–H and O–H groups in total. The number of rotatable bonds is 8. The quantitative estimate of drug-likeness (QED) is 0.729. The second-order valence-electron chi connectivity index (χ2n) is 6.09. The molecule has 1 fully saturated rings. The van der Waals surface area contributed by atoms with Crippen molar-refractivity contribution >= 4 is 7.60 Å². The fourth-order valence-corrected chi connectivity index (χ4v) is 4.45. The summed E-state index contributed by atoms with van der Waals surface area (Å²) in [4.78, 5) is 2.38. The van der Waals surface area contributed by atoms with Gasteiger partial charge < -0.3 is 19.3 Å². The van der Waals surface area contributed by atoms with Crippen molar-refractivity contribution in [2.45, 2.75) is 6.42 Å². The number of piperazine rings is 1. The first kappa shape index (κ1) is 18.0. The summed E-state index contributed by atoms with van der Waals surface area (Å²) in [5, 5.41) is 3.34. The normalized spacial score (nSPS) is 15.7. The minimum Gasteiger partial charge on any atom is -0.416 e. The lowest BCUT2D eigenvalue weighted by Gasteiger charge is -2.27. The van der Waals surface area contributed by atoms with Gasteiger partial charge in [-0.3, -0.25) is 0 Å². The van der Waals surface area contributed by atoms with E-state index in [0.717, 1.165) is 39.1 Å². The summed E-state index contributed by atoms with van der Waals surface area (Å²) >= 11 is 0. The molecule has 134 valence electrons. The first-order valence-electron chi connectivity index (χ1n) is 8.75.